The Labute approximate surface area is 182 Å². The molecule has 170 valence electrons. The highest BCUT2D eigenvalue weighted by molar-refractivity contribution is 5.72. The molecule has 0 heterocycles. The third-order valence-corrected chi connectivity index (χ3v) is 5.36. The van der Waals surface area contributed by atoms with E-state index < -0.39 is 34.9 Å². The van der Waals surface area contributed by atoms with Gasteiger partial charge in [0.2, 0.25) is 0 Å². The molecule has 1 N–H and O–H groups in total. The van der Waals surface area contributed by atoms with Gasteiger partial charge in [-0.15, -0.1) is 0 Å². The predicted octanol–water partition coefficient (Wildman–Crippen LogP) is 7.62. The van der Waals surface area contributed by atoms with Gasteiger partial charge in [-0.3, -0.25) is 0 Å². The normalized spacial score (nSPS) is 11.7. The molecule has 0 saturated heterocycles. The van der Waals surface area contributed by atoms with E-state index in [1.54, 1.807) is 12.1 Å². The molecule has 7 heteroatoms. The van der Waals surface area contributed by atoms with Gasteiger partial charge in [0, 0.05) is 11.6 Å². The van der Waals surface area contributed by atoms with Crippen LogP contribution in [0.5, 0.6) is 5.75 Å². The molecule has 0 spiro atoms. The Morgan fingerprint density at radius 3 is 2.03 bits per heavy atom. The molecule has 32 heavy (non-hydrogen) atoms. The Bertz CT molecular complexity index is 1090. The molecule has 3 rings (SSSR count). The van der Waals surface area contributed by atoms with Gasteiger partial charge in [0.25, 0.3) is 0 Å². The van der Waals surface area contributed by atoms with Crippen LogP contribution in [0, 0.1) is 17.5 Å². The highest BCUT2D eigenvalue weighted by Gasteiger charge is 2.33. The molecule has 0 radical (unpaired) electrons. The Balaban J connectivity index is 1.86. The number of unbranched alkanes of at least 4 members (excludes halogenated alkanes) is 1. The van der Waals surface area contributed by atoms with Crippen molar-refractivity contribution >= 4 is 0 Å². The average Bonchev–Trinajstić information content (AvgIpc) is 2.72. The molecule has 3 aromatic rings. The molecule has 0 bridgehead atoms. The molecule has 0 aliphatic heterocycles. The molecule has 0 unspecified atom stereocenters. The van der Waals surface area contributed by atoms with Gasteiger partial charge in [0.15, 0.2) is 0 Å². The van der Waals surface area contributed by atoms with Crippen molar-refractivity contribution in [2.24, 2.45) is 0 Å². The van der Waals surface area contributed by atoms with Crippen LogP contribution < -0.4 is 0 Å². The molecule has 3 aromatic carbocycles. The largest absolute Gasteiger partial charge is 0.507 e. The van der Waals surface area contributed by atoms with Gasteiger partial charge in [0.1, 0.15) is 23.2 Å². The SMILES string of the molecule is CCCCc1ccc(-c2c(O)cc(F)c(CCc3ccc(C(F)(F)F)c(F)c3)c2F)cc1. The minimum atomic E-state index is -4.82. The topological polar surface area (TPSA) is 20.2 Å². The highest BCUT2D eigenvalue weighted by Crippen LogP contribution is 2.36. The van der Waals surface area contributed by atoms with Crippen LogP contribution in [-0.4, -0.2) is 5.11 Å². The molecular weight excluding hydrogens is 430 g/mol. The summed E-state index contributed by atoms with van der Waals surface area (Å²) in [4.78, 5) is 0. The first-order valence-corrected chi connectivity index (χ1v) is 10.3. The lowest BCUT2D eigenvalue weighted by Crippen LogP contribution is -2.08. The maximum absolute atomic E-state index is 15.2. The van der Waals surface area contributed by atoms with Crippen molar-refractivity contribution in [3.05, 3.63) is 88.2 Å². The van der Waals surface area contributed by atoms with E-state index in [2.05, 4.69) is 6.92 Å². The smallest absolute Gasteiger partial charge is 0.419 e. The molecule has 0 aliphatic carbocycles. The second kappa shape index (κ2) is 9.67. The van der Waals surface area contributed by atoms with Crippen LogP contribution >= 0.6 is 0 Å². The molecule has 0 aliphatic rings. The Morgan fingerprint density at radius 2 is 1.44 bits per heavy atom. The van der Waals surface area contributed by atoms with Crippen LogP contribution in [0.3, 0.4) is 0 Å². The summed E-state index contributed by atoms with van der Waals surface area (Å²) < 4.78 is 81.4. The fraction of sp³-hybridized carbons (Fsp3) is 0.280. The number of phenolic OH excluding ortho intramolecular Hbond substituents is 1. The van der Waals surface area contributed by atoms with Crippen LogP contribution in [-0.2, 0) is 25.4 Å². The van der Waals surface area contributed by atoms with Gasteiger partial charge in [-0.05, 0) is 54.5 Å². The molecule has 0 saturated carbocycles. The fourth-order valence-electron chi connectivity index (χ4n) is 3.58. The molecule has 0 atom stereocenters. The van der Waals surface area contributed by atoms with E-state index in [9.17, 15) is 27.1 Å². The van der Waals surface area contributed by atoms with Crippen molar-refractivity contribution in [2.75, 3.05) is 0 Å². The van der Waals surface area contributed by atoms with Crippen LogP contribution in [0.2, 0.25) is 0 Å². The third-order valence-electron chi connectivity index (χ3n) is 5.36. The third kappa shape index (κ3) is 5.26. The van der Waals surface area contributed by atoms with E-state index in [1.165, 1.54) is 0 Å². The lowest BCUT2D eigenvalue weighted by atomic mass is 9.95. The zero-order valence-electron chi connectivity index (χ0n) is 17.4. The van der Waals surface area contributed by atoms with Gasteiger partial charge < -0.3 is 5.11 Å². The average molecular weight is 452 g/mol. The highest BCUT2D eigenvalue weighted by atomic mass is 19.4. The zero-order valence-corrected chi connectivity index (χ0v) is 17.4. The Kier molecular flexibility index (Phi) is 7.16. The van der Waals surface area contributed by atoms with Crippen molar-refractivity contribution in [2.45, 2.75) is 45.2 Å². The van der Waals surface area contributed by atoms with Crippen molar-refractivity contribution in [1.82, 2.24) is 0 Å². The summed E-state index contributed by atoms with van der Waals surface area (Å²) in [5, 5.41) is 10.2. The molecular formula is C25H22F6O. The van der Waals surface area contributed by atoms with Gasteiger partial charge in [-0.2, -0.15) is 13.2 Å². The standard InChI is InChI=1S/C25H22F6O/c1-2-3-4-15-5-9-17(10-6-15)23-22(32)14-20(26)18(24(23)28)11-7-16-8-12-19(21(27)13-16)25(29,30)31/h5-6,8-10,12-14,32H,2-4,7,11H2,1H3. The summed E-state index contributed by atoms with van der Waals surface area (Å²) in [6, 6.07) is 10.2. The Morgan fingerprint density at radius 1 is 0.781 bits per heavy atom. The number of aromatic hydroxyl groups is 1. The van der Waals surface area contributed by atoms with Crippen LogP contribution in [0.4, 0.5) is 26.3 Å². The summed E-state index contributed by atoms with van der Waals surface area (Å²) in [5.74, 6) is -3.91. The molecule has 1 nitrogen and oxygen atoms in total. The van der Waals surface area contributed by atoms with E-state index in [4.69, 9.17) is 0 Å². The summed E-state index contributed by atoms with van der Waals surface area (Å²) in [6.45, 7) is 2.07. The van der Waals surface area contributed by atoms with Gasteiger partial charge in [0.05, 0.1) is 11.1 Å². The number of aryl methyl sites for hydroxylation is 2. The van der Waals surface area contributed by atoms with E-state index >= 15 is 4.39 Å². The number of alkyl halides is 3. The summed E-state index contributed by atoms with van der Waals surface area (Å²) in [7, 11) is 0. The van der Waals surface area contributed by atoms with Crippen molar-refractivity contribution in [3.8, 4) is 16.9 Å². The predicted molar refractivity (Wildman–Crippen MR) is 111 cm³/mol. The quantitative estimate of drug-likeness (QED) is 0.366. The number of phenols is 1. The van der Waals surface area contributed by atoms with E-state index in [0.29, 0.717) is 11.6 Å². The van der Waals surface area contributed by atoms with E-state index in [1.807, 2.05) is 12.1 Å². The number of hydrogen-bond acceptors (Lipinski definition) is 1. The van der Waals surface area contributed by atoms with Gasteiger partial charge >= 0.3 is 6.18 Å². The first-order chi connectivity index (χ1) is 15.1. The van der Waals surface area contributed by atoms with Crippen LogP contribution in [0.1, 0.15) is 42.0 Å². The monoisotopic (exact) mass is 452 g/mol. The lowest BCUT2D eigenvalue weighted by Gasteiger charge is -2.13. The number of benzene rings is 3. The number of hydrogen-bond donors (Lipinski definition) is 1. The van der Waals surface area contributed by atoms with Crippen molar-refractivity contribution < 1.29 is 31.4 Å². The minimum Gasteiger partial charge on any atom is -0.507 e. The number of rotatable bonds is 7. The molecule has 0 fully saturated rings. The van der Waals surface area contributed by atoms with Crippen molar-refractivity contribution in [1.29, 1.82) is 0 Å². The Hall–Kier alpha value is -2.96. The van der Waals surface area contributed by atoms with Gasteiger partial charge in [-0.1, -0.05) is 43.7 Å². The molecule has 0 amide bonds. The zero-order chi connectivity index (χ0) is 23.5. The summed E-state index contributed by atoms with van der Waals surface area (Å²) >= 11 is 0. The summed E-state index contributed by atoms with van der Waals surface area (Å²) in [5.41, 5.74) is -0.267. The van der Waals surface area contributed by atoms with Crippen LogP contribution in [0.15, 0.2) is 48.5 Å². The van der Waals surface area contributed by atoms with E-state index in [0.717, 1.165) is 43.0 Å². The lowest BCUT2D eigenvalue weighted by molar-refractivity contribution is -0.140. The van der Waals surface area contributed by atoms with Gasteiger partial charge in [-0.25, -0.2) is 13.2 Å². The molecule has 0 aromatic heterocycles. The van der Waals surface area contributed by atoms with Crippen molar-refractivity contribution in [3.63, 3.8) is 0 Å². The summed E-state index contributed by atoms with van der Waals surface area (Å²) in [6.07, 6.45) is -2.22. The maximum atomic E-state index is 15.2. The number of halogens is 6. The minimum absolute atomic E-state index is 0.0803. The maximum Gasteiger partial charge on any atom is 0.419 e. The second-order valence-electron chi connectivity index (χ2n) is 7.66. The second-order valence-corrected chi connectivity index (χ2v) is 7.66. The fourth-order valence-corrected chi connectivity index (χ4v) is 3.58. The van der Waals surface area contributed by atoms with E-state index in [-0.39, 0.29) is 29.5 Å². The first-order valence-electron chi connectivity index (χ1n) is 10.3. The first kappa shape index (κ1) is 23.7. The van der Waals surface area contributed by atoms with Crippen LogP contribution in [0.25, 0.3) is 11.1 Å².